The molecule has 0 radical (unpaired) electrons. The van der Waals surface area contributed by atoms with Gasteiger partial charge in [0.25, 0.3) is 0 Å². The van der Waals surface area contributed by atoms with Crippen molar-refractivity contribution in [1.29, 1.82) is 0 Å². The van der Waals surface area contributed by atoms with E-state index in [1.807, 2.05) is 6.07 Å². The molecule has 0 saturated carbocycles. The van der Waals surface area contributed by atoms with Crippen LogP contribution in [0.1, 0.15) is 46.8 Å². The molecule has 6 rings (SSSR count). The van der Waals surface area contributed by atoms with Gasteiger partial charge in [-0.3, -0.25) is 0 Å². The lowest BCUT2D eigenvalue weighted by molar-refractivity contribution is -0.138. The highest BCUT2D eigenvalue weighted by atomic mass is 19.4. The zero-order chi connectivity index (χ0) is 26.5. The summed E-state index contributed by atoms with van der Waals surface area (Å²) in [6.07, 6.45) is -2.74. The lowest BCUT2D eigenvalue weighted by atomic mass is 9.85. The molecule has 0 aromatic heterocycles. The molecular weight excluding hydrogens is 480 g/mol. The Morgan fingerprint density at radius 1 is 0.784 bits per heavy atom. The predicted octanol–water partition coefficient (Wildman–Crippen LogP) is 9.23. The first-order chi connectivity index (χ1) is 17.6. The first-order valence-electron chi connectivity index (χ1n) is 12.2. The van der Waals surface area contributed by atoms with Crippen molar-refractivity contribution in [1.82, 2.24) is 0 Å². The highest BCUT2D eigenvalue weighted by Gasteiger charge is 2.34. The molecule has 1 atom stereocenters. The highest BCUT2D eigenvalue weighted by molar-refractivity contribution is 6.08. The number of aryl methyl sites for hydroxylation is 2. The van der Waals surface area contributed by atoms with E-state index in [1.165, 1.54) is 39.2 Å². The summed E-state index contributed by atoms with van der Waals surface area (Å²) in [5, 5.41) is 24.9. The Kier molecular flexibility index (Phi) is 6.22. The number of phenolic OH excluding ortho intramolecular Hbond substituents is 2. The Bertz CT molecular complexity index is 1650. The topological polar surface area (TPSA) is 40.5 Å². The van der Waals surface area contributed by atoms with Crippen LogP contribution in [-0.2, 0) is 12.6 Å². The molecule has 0 fully saturated rings. The molecule has 37 heavy (non-hydrogen) atoms. The summed E-state index contributed by atoms with van der Waals surface area (Å²) < 4.78 is 52.1. The normalized spacial score (nSPS) is 15.5. The largest absolute Gasteiger partial charge is 0.508 e. The molecule has 5 aromatic carbocycles. The number of fused-ring (bicyclic) bond motifs is 6. The first-order valence-corrected chi connectivity index (χ1v) is 12.2. The zero-order valence-electron chi connectivity index (χ0n) is 20.5. The van der Waals surface area contributed by atoms with E-state index in [9.17, 15) is 27.8 Å². The minimum absolute atomic E-state index is 0.000779. The second-order valence-electron chi connectivity index (χ2n) is 9.58. The summed E-state index contributed by atoms with van der Waals surface area (Å²) in [6, 6.07) is 20.2. The van der Waals surface area contributed by atoms with Gasteiger partial charge >= 0.3 is 6.18 Å². The fourth-order valence-corrected chi connectivity index (χ4v) is 5.34. The second-order valence-corrected chi connectivity index (χ2v) is 9.58. The van der Waals surface area contributed by atoms with Crippen LogP contribution in [0.5, 0.6) is 11.5 Å². The molecule has 5 aromatic rings. The second kappa shape index (κ2) is 9.25. The van der Waals surface area contributed by atoms with Crippen LogP contribution in [0, 0.1) is 13.8 Å². The number of phenols is 2. The number of hydrogen-bond acceptors (Lipinski definition) is 2. The Morgan fingerprint density at radius 3 is 2.24 bits per heavy atom. The van der Waals surface area contributed by atoms with E-state index < -0.39 is 23.7 Å². The van der Waals surface area contributed by atoms with Crippen molar-refractivity contribution >= 4 is 32.3 Å². The SMILES string of the molecule is Cc1c(O)cc2ccc(C(F)(F)F)c(O)c2c1C.FC1CCCc2c1ccc1c2ccc2ccccc21. The van der Waals surface area contributed by atoms with Crippen molar-refractivity contribution in [3.05, 3.63) is 94.5 Å². The molecule has 0 bridgehead atoms. The molecular formula is C31H26F4O2. The average molecular weight is 507 g/mol. The lowest BCUT2D eigenvalue weighted by Crippen LogP contribution is -2.06. The third-order valence-electron chi connectivity index (χ3n) is 7.43. The van der Waals surface area contributed by atoms with Crippen LogP contribution >= 0.6 is 0 Å². The molecule has 0 aliphatic heterocycles. The van der Waals surface area contributed by atoms with Crippen LogP contribution in [0.15, 0.2) is 66.7 Å². The van der Waals surface area contributed by atoms with E-state index in [4.69, 9.17) is 0 Å². The van der Waals surface area contributed by atoms with Crippen molar-refractivity contribution in [3.8, 4) is 11.5 Å². The fraction of sp³-hybridized carbons (Fsp3) is 0.226. The van der Waals surface area contributed by atoms with Crippen LogP contribution in [0.25, 0.3) is 32.3 Å². The van der Waals surface area contributed by atoms with Crippen molar-refractivity contribution in [2.24, 2.45) is 0 Å². The smallest absolute Gasteiger partial charge is 0.419 e. The van der Waals surface area contributed by atoms with Gasteiger partial charge < -0.3 is 10.2 Å². The molecule has 2 N–H and O–H groups in total. The maximum atomic E-state index is 14.0. The zero-order valence-corrected chi connectivity index (χ0v) is 20.5. The Balaban J connectivity index is 0.000000152. The molecule has 1 aliphatic rings. The molecule has 0 heterocycles. The standard InChI is InChI=1S/C18H15F.C13H11F3O2/c19-18-7-3-6-14-16-9-8-12-4-1-2-5-13(12)15(16)10-11-17(14)18;1-6-7(2)11-8(5-10(6)17)3-4-9(12(11)18)13(14,15)16/h1-2,4-5,8-11,18H,3,6-7H2;3-5,17-18H,1-2H3. The molecule has 0 saturated heterocycles. The van der Waals surface area contributed by atoms with Crippen LogP contribution in [0.2, 0.25) is 0 Å². The number of hydrogen-bond donors (Lipinski definition) is 2. The molecule has 190 valence electrons. The lowest BCUT2D eigenvalue weighted by Gasteiger charge is -2.21. The number of rotatable bonds is 0. The van der Waals surface area contributed by atoms with Crippen LogP contribution in [-0.4, -0.2) is 10.2 Å². The van der Waals surface area contributed by atoms with Crippen LogP contribution < -0.4 is 0 Å². The maximum absolute atomic E-state index is 14.0. The molecule has 1 unspecified atom stereocenters. The van der Waals surface area contributed by atoms with E-state index in [0.717, 1.165) is 24.5 Å². The van der Waals surface area contributed by atoms with Gasteiger partial charge in [0, 0.05) is 5.39 Å². The van der Waals surface area contributed by atoms with E-state index in [2.05, 4.69) is 42.5 Å². The third kappa shape index (κ3) is 4.35. The quantitative estimate of drug-likeness (QED) is 0.162. The van der Waals surface area contributed by atoms with Gasteiger partial charge in [0.05, 0.1) is 5.56 Å². The Labute approximate surface area is 211 Å². The summed E-state index contributed by atoms with van der Waals surface area (Å²) in [7, 11) is 0. The first kappa shape index (κ1) is 24.9. The van der Waals surface area contributed by atoms with Crippen molar-refractivity contribution in [2.75, 3.05) is 0 Å². The summed E-state index contributed by atoms with van der Waals surface area (Å²) >= 11 is 0. The van der Waals surface area contributed by atoms with Gasteiger partial charge in [0.15, 0.2) is 0 Å². The minimum atomic E-state index is -4.60. The van der Waals surface area contributed by atoms with E-state index in [0.29, 0.717) is 22.9 Å². The molecule has 2 nitrogen and oxygen atoms in total. The Hall–Kier alpha value is -3.80. The van der Waals surface area contributed by atoms with Crippen molar-refractivity contribution < 1.29 is 27.8 Å². The Morgan fingerprint density at radius 2 is 1.49 bits per heavy atom. The molecule has 6 heteroatoms. The third-order valence-corrected chi connectivity index (χ3v) is 7.43. The maximum Gasteiger partial charge on any atom is 0.419 e. The van der Waals surface area contributed by atoms with Gasteiger partial charge in [0.1, 0.15) is 17.7 Å². The summed E-state index contributed by atoms with van der Waals surface area (Å²) in [6.45, 7) is 3.15. The molecule has 1 aliphatic carbocycles. The number of aromatic hydroxyl groups is 2. The van der Waals surface area contributed by atoms with Gasteiger partial charge in [0.2, 0.25) is 0 Å². The molecule has 0 spiro atoms. The van der Waals surface area contributed by atoms with Gasteiger partial charge in [-0.2, -0.15) is 13.2 Å². The van der Waals surface area contributed by atoms with E-state index in [-0.39, 0.29) is 11.1 Å². The predicted molar refractivity (Wildman–Crippen MR) is 140 cm³/mol. The monoisotopic (exact) mass is 506 g/mol. The fourth-order valence-electron chi connectivity index (χ4n) is 5.34. The van der Waals surface area contributed by atoms with Gasteiger partial charge in [-0.15, -0.1) is 0 Å². The van der Waals surface area contributed by atoms with Gasteiger partial charge in [-0.05, 0) is 94.4 Å². The van der Waals surface area contributed by atoms with E-state index >= 15 is 0 Å². The van der Waals surface area contributed by atoms with Gasteiger partial charge in [-0.25, -0.2) is 4.39 Å². The van der Waals surface area contributed by atoms with Crippen LogP contribution in [0.3, 0.4) is 0 Å². The van der Waals surface area contributed by atoms with E-state index in [1.54, 1.807) is 13.8 Å². The molecule has 0 amide bonds. The number of benzene rings is 5. The van der Waals surface area contributed by atoms with Crippen LogP contribution in [0.4, 0.5) is 17.6 Å². The number of alkyl halides is 4. The van der Waals surface area contributed by atoms with Crippen molar-refractivity contribution in [2.45, 2.75) is 45.5 Å². The van der Waals surface area contributed by atoms with Gasteiger partial charge in [-0.1, -0.05) is 54.6 Å². The average Bonchev–Trinajstić information content (AvgIpc) is 2.87. The summed E-state index contributed by atoms with van der Waals surface area (Å²) in [4.78, 5) is 0. The minimum Gasteiger partial charge on any atom is -0.508 e. The summed E-state index contributed by atoms with van der Waals surface area (Å²) in [5.74, 6) is -0.792. The summed E-state index contributed by atoms with van der Waals surface area (Å²) in [5.41, 5.74) is 1.96. The number of halogens is 4. The van der Waals surface area contributed by atoms with Crippen molar-refractivity contribution in [3.63, 3.8) is 0 Å². The highest BCUT2D eigenvalue weighted by Crippen LogP contribution is 2.43.